The minimum atomic E-state index is -0.107. The van der Waals surface area contributed by atoms with Crippen molar-refractivity contribution in [2.45, 2.75) is 19.3 Å². The van der Waals surface area contributed by atoms with Crippen molar-refractivity contribution >= 4 is 15.9 Å². The third-order valence-electron chi connectivity index (χ3n) is 4.20. The molecule has 0 spiro atoms. The first kappa shape index (κ1) is 12.9. The second-order valence-corrected chi connectivity index (χ2v) is 6.59. The molecule has 1 N–H and O–H groups in total. The zero-order valence-corrected chi connectivity index (χ0v) is 12.5. The summed E-state index contributed by atoms with van der Waals surface area (Å²) >= 11 is 3.56. The van der Waals surface area contributed by atoms with Gasteiger partial charge in [0, 0.05) is 22.4 Å². The smallest absolute Gasteiger partial charge is 0.0497 e. The summed E-state index contributed by atoms with van der Waals surface area (Å²) in [6.45, 7) is 2.39. The maximum Gasteiger partial charge on any atom is 0.0497 e. The van der Waals surface area contributed by atoms with Gasteiger partial charge in [0.05, 0.1) is 0 Å². The average molecular weight is 317 g/mol. The van der Waals surface area contributed by atoms with E-state index in [0.717, 1.165) is 10.9 Å². The molecule has 2 aromatic carbocycles. The Hall–Kier alpha value is -1.12. The Morgan fingerprint density at radius 3 is 2.63 bits per heavy atom. The first-order valence-corrected chi connectivity index (χ1v) is 7.37. The molecule has 2 heteroatoms. The van der Waals surface area contributed by atoms with Crippen LogP contribution in [0.1, 0.15) is 29.5 Å². The third-order valence-corrected chi connectivity index (χ3v) is 4.70. The maximum atomic E-state index is 9.89. The Morgan fingerprint density at radius 2 is 1.95 bits per heavy atom. The highest BCUT2D eigenvalue weighted by Gasteiger charge is 2.42. The normalized spacial score (nSPS) is 25.3. The number of benzene rings is 2. The lowest BCUT2D eigenvalue weighted by Gasteiger charge is -2.30. The molecule has 0 aliphatic heterocycles. The van der Waals surface area contributed by atoms with E-state index in [1.54, 1.807) is 0 Å². The number of hydrogen-bond acceptors (Lipinski definition) is 1. The second-order valence-electron chi connectivity index (χ2n) is 5.68. The zero-order valence-electron chi connectivity index (χ0n) is 10.9. The monoisotopic (exact) mass is 316 g/mol. The van der Waals surface area contributed by atoms with Gasteiger partial charge in [-0.15, -0.1) is 0 Å². The Kier molecular flexibility index (Phi) is 3.23. The summed E-state index contributed by atoms with van der Waals surface area (Å²) in [7, 11) is 0. The molecule has 2 aromatic rings. The lowest BCUT2D eigenvalue weighted by Crippen LogP contribution is -2.27. The SMILES string of the molecule is C[C@]1(CO)Cc2ccc(Br)cc2[C@H]1c1ccccc1. The molecule has 1 aliphatic carbocycles. The van der Waals surface area contributed by atoms with Gasteiger partial charge in [0.1, 0.15) is 0 Å². The van der Waals surface area contributed by atoms with E-state index in [1.165, 1.54) is 16.7 Å². The predicted octanol–water partition coefficient (Wildman–Crippen LogP) is 4.14. The summed E-state index contributed by atoms with van der Waals surface area (Å²) in [6.07, 6.45) is 0.936. The van der Waals surface area contributed by atoms with Crippen LogP contribution in [0.4, 0.5) is 0 Å². The van der Waals surface area contributed by atoms with Gasteiger partial charge in [-0.3, -0.25) is 0 Å². The van der Waals surface area contributed by atoms with E-state index in [1.807, 2.05) is 6.07 Å². The lowest BCUT2D eigenvalue weighted by atomic mass is 9.75. The Balaban J connectivity index is 2.17. The topological polar surface area (TPSA) is 20.2 Å². The van der Waals surface area contributed by atoms with Gasteiger partial charge in [-0.25, -0.2) is 0 Å². The summed E-state index contributed by atoms with van der Waals surface area (Å²) in [5, 5.41) is 9.89. The summed E-state index contributed by atoms with van der Waals surface area (Å²) in [5.74, 6) is 0.270. The fourth-order valence-corrected chi connectivity index (χ4v) is 3.66. The molecule has 0 bridgehead atoms. The summed E-state index contributed by atoms with van der Waals surface area (Å²) in [4.78, 5) is 0. The van der Waals surface area contributed by atoms with E-state index in [9.17, 15) is 5.11 Å². The van der Waals surface area contributed by atoms with Gasteiger partial charge in [-0.1, -0.05) is 59.3 Å². The molecule has 0 saturated carbocycles. The molecule has 1 aliphatic rings. The van der Waals surface area contributed by atoms with E-state index < -0.39 is 0 Å². The molecular formula is C17H17BrO. The first-order chi connectivity index (χ1) is 9.14. The van der Waals surface area contributed by atoms with Crippen LogP contribution in [0.3, 0.4) is 0 Å². The van der Waals surface area contributed by atoms with Crippen molar-refractivity contribution < 1.29 is 5.11 Å². The van der Waals surface area contributed by atoms with Crippen molar-refractivity contribution in [2.75, 3.05) is 6.61 Å². The van der Waals surface area contributed by atoms with Gasteiger partial charge in [0.25, 0.3) is 0 Å². The fraction of sp³-hybridized carbons (Fsp3) is 0.294. The van der Waals surface area contributed by atoms with Crippen molar-refractivity contribution in [3.8, 4) is 0 Å². The van der Waals surface area contributed by atoms with Gasteiger partial charge in [-0.05, 0) is 35.2 Å². The average Bonchev–Trinajstić information content (AvgIpc) is 2.72. The van der Waals surface area contributed by atoms with Crippen LogP contribution < -0.4 is 0 Å². The van der Waals surface area contributed by atoms with Crippen LogP contribution in [0.25, 0.3) is 0 Å². The van der Waals surface area contributed by atoms with E-state index >= 15 is 0 Å². The van der Waals surface area contributed by atoms with Crippen molar-refractivity contribution in [2.24, 2.45) is 5.41 Å². The standard InChI is InChI=1S/C17H17BrO/c1-17(11-19)10-13-7-8-14(18)9-15(13)16(17)12-5-3-2-4-6-12/h2-9,16,19H,10-11H2,1H3/t16-,17-/m1/s1. The molecule has 2 atom stereocenters. The fourth-order valence-electron chi connectivity index (χ4n) is 3.28. The molecule has 0 heterocycles. The molecule has 98 valence electrons. The molecule has 0 saturated heterocycles. The van der Waals surface area contributed by atoms with Gasteiger partial charge in [0.2, 0.25) is 0 Å². The molecule has 19 heavy (non-hydrogen) atoms. The van der Waals surface area contributed by atoms with Crippen molar-refractivity contribution in [1.82, 2.24) is 0 Å². The zero-order chi connectivity index (χ0) is 13.5. The first-order valence-electron chi connectivity index (χ1n) is 6.58. The minimum absolute atomic E-state index is 0.107. The lowest BCUT2D eigenvalue weighted by molar-refractivity contribution is 0.136. The quantitative estimate of drug-likeness (QED) is 0.883. The number of aliphatic hydroxyl groups excluding tert-OH is 1. The highest BCUT2D eigenvalue weighted by atomic mass is 79.9. The highest BCUT2D eigenvalue weighted by molar-refractivity contribution is 9.10. The van der Waals surface area contributed by atoms with E-state index in [-0.39, 0.29) is 17.9 Å². The third kappa shape index (κ3) is 2.13. The Bertz CT molecular complexity index is 593. The van der Waals surface area contributed by atoms with Crippen molar-refractivity contribution in [1.29, 1.82) is 0 Å². The summed E-state index contributed by atoms with van der Waals surface area (Å²) < 4.78 is 1.11. The maximum absolute atomic E-state index is 9.89. The van der Waals surface area contributed by atoms with Crippen LogP contribution in [0.5, 0.6) is 0 Å². The largest absolute Gasteiger partial charge is 0.396 e. The molecule has 0 aromatic heterocycles. The van der Waals surface area contributed by atoms with Crippen LogP contribution in [0.15, 0.2) is 53.0 Å². The van der Waals surface area contributed by atoms with Gasteiger partial charge in [-0.2, -0.15) is 0 Å². The van der Waals surface area contributed by atoms with E-state index in [2.05, 4.69) is 65.3 Å². The highest BCUT2D eigenvalue weighted by Crippen LogP contribution is 2.50. The molecule has 3 rings (SSSR count). The number of fused-ring (bicyclic) bond motifs is 1. The molecule has 0 amide bonds. The molecule has 0 fully saturated rings. The van der Waals surface area contributed by atoms with Crippen LogP contribution in [0.2, 0.25) is 0 Å². The molecular weight excluding hydrogens is 300 g/mol. The predicted molar refractivity (Wildman–Crippen MR) is 81.3 cm³/mol. The van der Waals surface area contributed by atoms with E-state index in [0.29, 0.717) is 0 Å². The number of rotatable bonds is 2. The molecule has 1 nitrogen and oxygen atoms in total. The number of hydrogen-bond donors (Lipinski definition) is 1. The number of aliphatic hydroxyl groups is 1. The van der Waals surface area contributed by atoms with Crippen LogP contribution in [-0.2, 0) is 6.42 Å². The molecule has 0 radical (unpaired) electrons. The summed E-state index contributed by atoms with van der Waals surface area (Å²) in [5.41, 5.74) is 3.88. The van der Waals surface area contributed by atoms with Gasteiger partial charge in [0.15, 0.2) is 0 Å². The summed E-state index contributed by atoms with van der Waals surface area (Å²) in [6, 6.07) is 17.0. The molecule has 0 unspecified atom stereocenters. The Labute approximate surface area is 122 Å². The van der Waals surface area contributed by atoms with E-state index in [4.69, 9.17) is 0 Å². The second kappa shape index (κ2) is 4.77. The Morgan fingerprint density at radius 1 is 1.21 bits per heavy atom. The van der Waals surface area contributed by atoms with Crippen LogP contribution in [0, 0.1) is 5.41 Å². The van der Waals surface area contributed by atoms with Crippen molar-refractivity contribution in [3.05, 3.63) is 69.7 Å². The van der Waals surface area contributed by atoms with Crippen LogP contribution >= 0.6 is 15.9 Å². The van der Waals surface area contributed by atoms with Crippen LogP contribution in [-0.4, -0.2) is 11.7 Å². The minimum Gasteiger partial charge on any atom is -0.396 e. The van der Waals surface area contributed by atoms with Gasteiger partial charge < -0.3 is 5.11 Å². The van der Waals surface area contributed by atoms with Gasteiger partial charge >= 0.3 is 0 Å². The number of halogens is 1. The van der Waals surface area contributed by atoms with Crippen molar-refractivity contribution in [3.63, 3.8) is 0 Å².